The van der Waals surface area contributed by atoms with E-state index in [1.807, 2.05) is 0 Å². The van der Waals surface area contributed by atoms with Crippen LogP contribution in [0.15, 0.2) is 47.4 Å². The third kappa shape index (κ3) is 4.20. The van der Waals surface area contributed by atoms with Crippen molar-refractivity contribution >= 4 is 50.1 Å². The van der Waals surface area contributed by atoms with E-state index in [4.69, 9.17) is 28.3 Å². The Bertz CT molecular complexity index is 1270. The number of benzene rings is 2. The van der Waals surface area contributed by atoms with Crippen LogP contribution < -0.4 is 10.6 Å². The Morgan fingerprint density at radius 2 is 1.89 bits per heavy atom. The molecule has 28 heavy (non-hydrogen) atoms. The number of aromatic carboxylic acids is 1. The van der Waals surface area contributed by atoms with E-state index in [1.54, 1.807) is 30.3 Å². The van der Waals surface area contributed by atoms with Crippen LogP contribution in [-0.4, -0.2) is 24.1 Å². The number of carboxylic acid groups (broad SMARTS) is 1. The van der Waals surface area contributed by atoms with Crippen molar-refractivity contribution in [1.29, 1.82) is 0 Å². The molecule has 0 aliphatic carbocycles. The van der Waals surface area contributed by atoms with Gasteiger partial charge in [-0.25, -0.2) is 18.4 Å². The van der Waals surface area contributed by atoms with Gasteiger partial charge in [0.2, 0.25) is 15.5 Å². The highest BCUT2D eigenvalue weighted by Gasteiger charge is 2.17. The lowest BCUT2D eigenvalue weighted by atomic mass is 10.0. The summed E-state index contributed by atoms with van der Waals surface area (Å²) in [5.41, 5.74) is 0.400. The summed E-state index contributed by atoms with van der Waals surface area (Å²) in [7, 11) is -3.96. The van der Waals surface area contributed by atoms with Gasteiger partial charge in [-0.1, -0.05) is 41.4 Å². The van der Waals surface area contributed by atoms with Gasteiger partial charge >= 0.3 is 5.97 Å². The number of nitrogens with zero attached hydrogens (tertiary/aromatic N) is 1. The molecule has 0 saturated carbocycles. The van der Waals surface area contributed by atoms with Crippen LogP contribution in [0.5, 0.6) is 0 Å². The highest BCUT2D eigenvalue weighted by molar-refractivity contribution is 7.88. The fraction of sp³-hybridized carbons (Fsp3) is 0.111. The summed E-state index contributed by atoms with van der Waals surface area (Å²) < 4.78 is 24.1. The highest BCUT2D eigenvalue weighted by Crippen LogP contribution is 2.28. The van der Waals surface area contributed by atoms with E-state index in [1.165, 1.54) is 6.07 Å². The Kier molecular flexibility index (Phi) is 5.49. The topological polar surface area (TPSA) is 119 Å². The van der Waals surface area contributed by atoms with Crippen molar-refractivity contribution in [3.8, 4) is 0 Å². The van der Waals surface area contributed by atoms with Crippen molar-refractivity contribution in [2.45, 2.75) is 12.3 Å². The number of carbonyl (C=O) groups is 1. The molecule has 146 valence electrons. The third-order valence-corrected chi connectivity index (χ3v) is 5.62. The first-order valence-corrected chi connectivity index (χ1v) is 10.4. The SMILES string of the molecule is NS(=O)(=O)Cn1cc(C(=O)O)c(=O)c2cc(Cc3cccc(Cl)c3Cl)ccc21. The number of sulfonamides is 1. The van der Waals surface area contributed by atoms with Crippen molar-refractivity contribution in [3.63, 3.8) is 0 Å². The smallest absolute Gasteiger partial charge is 0.341 e. The second kappa shape index (κ2) is 7.56. The predicted octanol–water partition coefficient (Wildman–Crippen LogP) is 2.84. The molecule has 0 bridgehead atoms. The molecule has 3 N–H and O–H groups in total. The lowest BCUT2D eigenvalue weighted by Gasteiger charge is -2.13. The lowest BCUT2D eigenvalue weighted by Crippen LogP contribution is -2.24. The van der Waals surface area contributed by atoms with Gasteiger partial charge in [0.25, 0.3) is 0 Å². The molecule has 0 radical (unpaired) electrons. The number of carboxylic acids is 1. The molecule has 3 aromatic rings. The molecule has 3 rings (SSSR count). The molecule has 0 unspecified atom stereocenters. The van der Waals surface area contributed by atoms with Gasteiger partial charge in [0, 0.05) is 11.6 Å². The van der Waals surface area contributed by atoms with E-state index in [-0.39, 0.29) is 10.9 Å². The normalized spacial score (nSPS) is 11.7. The van der Waals surface area contributed by atoms with Gasteiger partial charge in [-0.2, -0.15) is 0 Å². The molecule has 0 atom stereocenters. The van der Waals surface area contributed by atoms with Crippen molar-refractivity contribution in [1.82, 2.24) is 4.57 Å². The van der Waals surface area contributed by atoms with E-state index in [9.17, 15) is 23.1 Å². The second-order valence-corrected chi connectivity index (χ2v) is 8.55. The average Bonchev–Trinajstić information content (AvgIpc) is 2.60. The summed E-state index contributed by atoms with van der Waals surface area (Å²) in [6.07, 6.45) is 1.33. The number of halogens is 2. The van der Waals surface area contributed by atoms with Crippen LogP contribution in [0.2, 0.25) is 10.0 Å². The predicted molar refractivity (Wildman–Crippen MR) is 108 cm³/mol. The maximum atomic E-state index is 12.6. The molecule has 10 heteroatoms. The maximum Gasteiger partial charge on any atom is 0.341 e. The monoisotopic (exact) mass is 440 g/mol. The Balaban J connectivity index is 2.19. The van der Waals surface area contributed by atoms with Gasteiger partial charge in [0.1, 0.15) is 11.4 Å². The zero-order valence-corrected chi connectivity index (χ0v) is 16.6. The standard InChI is InChI=1S/C18H14Cl2N2O5S/c19-14-3-1-2-11(16(14)20)6-10-4-5-15-12(7-10)17(23)13(18(24)25)8-22(15)9-28(21,26)27/h1-5,7-8H,6,9H2,(H,24,25)(H2,21,26,27). The molecule has 0 aliphatic rings. The fourth-order valence-electron chi connectivity index (χ4n) is 2.91. The molecule has 0 fully saturated rings. The van der Waals surface area contributed by atoms with E-state index in [0.717, 1.165) is 16.3 Å². The molecular formula is C18H14Cl2N2O5S. The van der Waals surface area contributed by atoms with Crippen LogP contribution in [0.3, 0.4) is 0 Å². The number of hydrogen-bond acceptors (Lipinski definition) is 4. The highest BCUT2D eigenvalue weighted by atomic mass is 35.5. The molecule has 2 aromatic carbocycles. The van der Waals surface area contributed by atoms with Gasteiger partial charge in [0.05, 0.1) is 15.6 Å². The molecule has 0 spiro atoms. The van der Waals surface area contributed by atoms with Crippen LogP contribution in [0, 0.1) is 0 Å². The maximum absolute atomic E-state index is 12.6. The molecular weight excluding hydrogens is 427 g/mol. The fourth-order valence-corrected chi connectivity index (χ4v) is 3.90. The van der Waals surface area contributed by atoms with Gasteiger partial charge in [-0.15, -0.1) is 0 Å². The van der Waals surface area contributed by atoms with Crippen molar-refractivity contribution in [2.75, 3.05) is 0 Å². The van der Waals surface area contributed by atoms with E-state index in [2.05, 4.69) is 0 Å². The van der Waals surface area contributed by atoms with Crippen LogP contribution in [-0.2, 0) is 22.3 Å². The molecule has 0 saturated heterocycles. The molecule has 1 heterocycles. The van der Waals surface area contributed by atoms with E-state index >= 15 is 0 Å². The number of hydrogen-bond donors (Lipinski definition) is 2. The minimum Gasteiger partial charge on any atom is -0.477 e. The summed E-state index contributed by atoms with van der Waals surface area (Å²) in [4.78, 5) is 24.0. The zero-order valence-electron chi connectivity index (χ0n) is 14.2. The lowest BCUT2D eigenvalue weighted by molar-refractivity contribution is 0.0695. The number of primary sulfonamides is 1. The van der Waals surface area contributed by atoms with Gasteiger partial charge < -0.3 is 9.67 Å². The average molecular weight is 441 g/mol. The van der Waals surface area contributed by atoms with Crippen molar-refractivity contribution in [2.24, 2.45) is 5.14 Å². The van der Waals surface area contributed by atoms with Crippen molar-refractivity contribution in [3.05, 3.63) is 79.6 Å². The minimum atomic E-state index is -3.96. The first-order chi connectivity index (χ1) is 13.1. The number of aromatic nitrogens is 1. The van der Waals surface area contributed by atoms with Crippen LogP contribution in [0.4, 0.5) is 0 Å². The minimum absolute atomic E-state index is 0.0687. The molecule has 7 nitrogen and oxygen atoms in total. The Labute approximate surface area is 170 Å². The number of rotatable bonds is 5. The van der Waals surface area contributed by atoms with E-state index < -0.39 is 32.9 Å². The van der Waals surface area contributed by atoms with Gasteiger partial charge in [-0.3, -0.25) is 4.79 Å². The van der Waals surface area contributed by atoms with Crippen LogP contribution >= 0.6 is 23.2 Å². The third-order valence-electron chi connectivity index (χ3n) is 4.12. The molecule has 1 aromatic heterocycles. The van der Waals surface area contributed by atoms with E-state index in [0.29, 0.717) is 22.0 Å². The van der Waals surface area contributed by atoms with Gasteiger partial charge in [0.15, 0.2) is 0 Å². The van der Waals surface area contributed by atoms with Gasteiger partial charge in [-0.05, 0) is 35.7 Å². The van der Waals surface area contributed by atoms with Crippen LogP contribution in [0.1, 0.15) is 21.5 Å². The number of pyridine rings is 1. The summed E-state index contributed by atoms with van der Waals surface area (Å²) in [6, 6.07) is 9.93. The quantitative estimate of drug-likeness (QED) is 0.631. The van der Waals surface area contributed by atoms with Crippen LogP contribution in [0.25, 0.3) is 10.9 Å². The zero-order chi connectivity index (χ0) is 20.6. The number of fused-ring (bicyclic) bond motifs is 1. The summed E-state index contributed by atoms with van der Waals surface area (Å²) in [6.45, 7) is 0. The first kappa shape index (κ1) is 20.3. The summed E-state index contributed by atoms with van der Waals surface area (Å²) in [5.74, 6) is -2.12. The first-order valence-electron chi connectivity index (χ1n) is 7.89. The summed E-state index contributed by atoms with van der Waals surface area (Å²) >= 11 is 12.2. The molecule has 0 aliphatic heterocycles. The Morgan fingerprint density at radius 3 is 2.54 bits per heavy atom. The number of nitrogens with two attached hydrogens (primary N) is 1. The Morgan fingerprint density at radius 1 is 1.18 bits per heavy atom. The largest absolute Gasteiger partial charge is 0.477 e. The Hall–Kier alpha value is -2.39. The molecule has 0 amide bonds. The van der Waals surface area contributed by atoms with Crippen molar-refractivity contribution < 1.29 is 18.3 Å². The summed E-state index contributed by atoms with van der Waals surface area (Å²) in [5, 5.41) is 15.2. The second-order valence-electron chi connectivity index (χ2n) is 6.18.